The molecule has 6 nitrogen and oxygen atoms in total. The fraction of sp³-hybridized carbons (Fsp3) is 0.211. The SMILES string of the molecule is CCOC(=O)c1ccc(NC(=O)C2Cc3cc(F)ccc3C(=O)O2)cc1. The van der Waals surface area contributed by atoms with Gasteiger partial charge in [0.15, 0.2) is 6.10 Å². The molecule has 1 unspecified atom stereocenters. The molecule has 1 aliphatic heterocycles. The molecular weight excluding hydrogens is 341 g/mol. The number of carbonyl (C=O) groups excluding carboxylic acids is 3. The molecular formula is C19H16FNO5. The van der Waals surface area contributed by atoms with E-state index in [0.29, 0.717) is 16.8 Å². The molecule has 0 fully saturated rings. The quantitative estimate of drug-likeness (QED) is 0.851. The number of hydrogen-bond donors (Lipinski definition) is 1. The topological polar surface area (TPSA) is 81.7 Å². The summed E-state index contributed by atoms with van der Waals surface area (Å²) in [4.78, 5) is 35.9. The van der Waals surface area contributed by atoms with Crippen molar-refractivity contribution < 1.29 is 28.2 Å². The first-order chi connectivity index (χ1) is 12.5. The average Bonchev–Trinajstić information content (AvgIpc) is 2.62. The van der Waals surface area contributed by atoms with Crippen LogP contribution >= 0.6 is 0 Å². The highest BCUT2D eigenvalue weighted by molar-refractivity contribution is 6.00. The number of esters is 2. The largest absolute Gasteiger partial charge is 0.462 e. The first-order valence-electron chi connectivity index (χ1n) is 8.05. The molecule has 0 spiro atoms. The number of halogens is 1. The van der Waals surface area contributed by atoms with E-state index in [1.807, 2.05) is 0 Å². The highest BCUT2D eigenvalue weighted by Crippen LogP contribution is 2.23. The second-order valence-corrected chi connectivity index (χ2v) is 5.69. The van der Waals surface area contributed by atoms with E-state index in [1.54, 1.807) is 19.1 Å². The molecule has 7 heteroatoms. The van der Waals surface area contributed by atoms with Crippen LogP contribution in [-0.2, 0) is 20.7 Å². The predicted octanol–water partition coefficient (Wildman–Crippen LogP) is 2.72. The van der Waals surface area contributed by atoms with Crippen molar-refractivity contribution in [1.29, 1.82) is 0 Å². The van der Waals surface area contributed by atoms with Gasteiger partial charge in [-0.05, 0) is 55.0 Å². The molecule has 1 heterocycles. The maximum Gasteiger partial charge on any atom is 0.339 e. The summed E-state index contributed by atoms with van der Waals surface area (Å²) in [5.41, 5.74) is 1.48. The van der Waals surface area contributed by atoms with Crippen molar-refractivity contribution in [3.05, 3.63) is 65.0 Å². The zero-order valence-corrected chi connectivity index (χ0v) is 14.0. The fourth-order valence-corrected chi connectivity index (χ4v) is 2.64. The van der Waals surface area contributed by atoms with Gasteiger partial charge in [-0.25, -0.2) is 14.0 Å². The lowest BCUT2D eigenvalue weighted by Gasteiger charge is -2.23. The summed E-state index contributed by atoms with van der Waals surface area (Å²) in [6, 6.07) is 9.87. The summed E-state index contributed by atoms with van der Waals surface area (Å²) in [6.45, 7) is 1.98. The van der Waals surface area contributed by atoms with E-state index in [-0.39, 0.29) is 18.6 Å². The third kappa shape index (κ3) is 3.72. The van der Waals surface area contributed by atoms with Crippen LogP contribution in [0.15, 0.2) is 42.5 Å². The second kappa shape index (κ2) is 7.35. The normalized spacial score (nSPS) is 15.6. The first kappa shape index (κ1) is 17.6. The van der Waals surface area contributed by atoms with Crippen LogP contribution in [0.3, 0.4) is 0 Å². The Hall–Kier alpha value is -3.22. The highest BCUT2D eigenvalue weighted by atomic mass is 19.1. The Balaban J connectivity index is 1.69. The van der Waals surface area contributed by atoms with Gasteiger partial charge in [-0.3, -0.25) is 4.79 Å². The molecule has 0 bridgehead atoms. The summed E-state index contributed by atoms with van der Waals surface area (Å²) < 4.78 is 23.4. The number of cyclic esters (lactones) is 1. The Morgan fingerprint density at radius 2 is 1.96 bits per heavy atom. The molecule has 0 aliphatic carbocycles. The van der Waals surface area contributed by atoms with Crippen LogP contribution in [-0.4, -0.2) is 30.6 Å². The van der Waals surface area contributed by atoms with Crippen molar-refractivity contribution in [2.45, 2.75) is 19.4 Å². The second-order valence-electron chi connectivity index (χ2n) is 5.69. The minimum Gasteiger partial charge on any atom is -0.462 e. The van der Waals surface area contributed by atoms with Gasteiger partial charge < -0.3 is 14.8 Å². The van der Waals surface area contributed by atoms with E-state index in [1.165, 1.54) is 30.3 Å². The highest BCUT2D eigenvalue weighted by Gasteiger charge is 2.31. The summed E-state index contributed by atoms with van der Waals surface area (Å²) in [5.74, 6) is -2.13. The van der Waals surface area contributed by atoms with Gasteiger partial charge in [0.05, 0.1) is 17.7 Å². The van der Waals surface area contributed by atoms with Crippen molar-refractivity contribution in [2.75, 3.05) is 11.9 Å². The molecule has 2 aromatic carbocycles. The van der Waals surface area contributed by atoms with Crippen molar-refractivity contribution in [3.63, 3.8) is 0 Å². The van der Waals surface area contributed by atoms with E-state index in [9.17, 15) is 18.8 Å². The van der Waals surface area contributed by atoms with E-state index in [4.69, 9.17) is 9.47 Å². The number of rotatable bonds is 4. The Morgan fingerprint density at radius 1 is 1.23 bits per heavy atom. The van der Waals surface area contributed by atoms with Crippen LogP contribution in [0.1, 0.15) is 33.2 Å². The smallest absolute Gasteiger partial charge is 0.339 e. The van der Waals surface area contributed by atoms with Crippen molar-refractivity contribution >= 4 is 23.5 Å². The summed E-state index contributed by atoms with van der Waals surface area (Å²) in [6.07, 6.45) is -0.965. The van der Waals surface area contributed by atoms with E-state index in [2.05, 4.69) is 5.32 Å². The Bertz CT molecular complexity index is 863. The van der Waals surface area contributed by atoms with E-state index < -0.39 is 29.8 Å². The van der Waals surface area contributed by atoms with Crippen LogP contribution in [0.25, 0.3) is 0 Å². The van der Waals surface area contributed by atoms with Gasteiger partial charge in [-0.1, -0.05) is 0 Å². The van der Waals surface area contributed by atoms with E-state index in [0.717, 1.165) is 0 Å². The molecule has 134 valence electrons. The number of nitrogens with one attached hydrogen (secondary N) is 1. The summed E-state index contributed by atoms with van der Waals surface area (Å²) in [7, 11) is 0. The molecule has 0 aromatic heterocycles. The number of hydrogen-bond acceptors (Lipinski definition) is 5. The van der Waals surface area contributed by atoms with E-state index >= 15 is 0 Å². The van der Waals surface area contributed by atoms with Crippen LogP contribution in [0.2, 0.25) is 0 Å². The van der Waals surface area contributed by atoms with Gasteiger partial charge in [0.2, 0.25) is 0 Å². The number of carbonyl (C=O) groups is 3. The minimum atomic E-state index is -1.05. The van der Waals surface area contributed by atoms with Crippen LogP contribution in [0, 0.1) is 5.82 Å². The molecule has 26 heavy (non-hydrogen) atoms. The lowest BCUT2D eigenvalue weighted by Crippen LogP contribution is -2.38. The van der Waals surface area contributed by atoms with Crippen LogP contribution < -0.4 is 5.32 Å². The van der Waals surface area contributed by atoms with Gasteiger partial charge in [-0.15, -0.1) is 0 Å². The maximum absolute atomic E-state index is 13.4. The van der Waals surface area contributed by atoms with Crippen LogP contribution in [0.5, 0.6) is 0 Å². The molecule has 0 radical (unpaired) electrons. The molecule has 3 rings (SSSR count). The Kier molecular flexibility index (Phi) is 4.97. The van der Waals surface area contributed by atoms with Crippen molar-refractivity contribution in [2.24, 2.45) is 0 Å². The molecule has 1 aliphatic rings. The van der Waals surface area contributed by atoms with Gasteiger partial charge in [0, 0.05) is 12.1 Å². The van der Waals surface area contributed by atoms with Gasteiger partial charge in [0.1, 0.15) is 5.82 Å². The average molecular weight is 357 g/mol. The lowest BCUT2D eigenvalue weighted by atomic mass is 9.98. The monoisotopic (exact) mass is 357 g/mol. The first-order valence-corrected chi connectivity index (χ1v) is 8.05. The zero-order valence-electron chi connectivity index (χ0n) is 14.0. The number of benzene rings is 2. The number of amides is 1. The molecule has 1 atom stereocenters. The fourth-order valence-electron chi connectivity index (χ4n) is 2.64. The third-order valence-electron chi connectivity index (χ3n) is 3.90. The molecule has 0 saturated carbocycles. The molecule has 2 aromatic rings. The summed E-state index contributed by atoms with van der Waals surface area (Å²) >= 11 is 0. The number of ether oxygens (including phenoxy) is 2. The predicted molar refractivity (Wildman–Crippen MR) is 90.3 cm³/mol. The van der Waals surface area contributed by atoms with Crippen LogP contribution in [0.4, 0.5) is 10.1 Å². The van der Waals surface area contributed by atoms with Crippen molar-refractivity contribution in [3.8, 4) is 0 Å². The van der Waals surface area contributed by atoms with Crippen molar-refractivity contribution in [1.82, 2.24) is 0 Å². The zero-order chi connectivity index (χ0) is 18.7. The van der Waals surface area contributed by atoms with Gasteiger partial charge in [0.25, 0.3) is 5.91 Å². The number of anilines is 1. The minimum absolute atomic E-state index is 0.0889. The summed E-state index contributed by atoms with van der Waals surface area (Å²) in [5, 5.41) is 2.61. The molecule has 1 N–H and O–H groups in total. The Morgan fingerprint density at radius 3 is 2.65 bits per heavy atom. The lowest BCUT2D eigenvalue weighted by molar-refractivity contribution is -0.125. The molecule has 0 saturated heterocycles. The molecule has 1 amide bonds. The Labute approximate surface area is 148 Å². The maximum atomic E-state index is 13.4. The van der Waals surface area contributed by atoms with Gasteiger partial charge >= 0.3 is 11.9 Å². The number of fused-ring (bicyclic) bond motifs is 1. The third-order valence-corrected chi connectivity index (χ3v) is 3.90. The van der Waals surface area contributed by atoms with Gasteiger partial charge in [-0.2, -0.15) is 0 Å². The standard InChI is InChI=1S/C19H16FNO5/c1-2-25-18(23)11-3-6-14(7-4-11)21-17(22)16-10-12-9-13(20)5-8-15(12)19(24)26-16/h3-9,16H,2,10H2,1H3,(H,21,22).